The van der Waals surface area contributed by atoms with Gasteiger partial charge in [-0.1, -0.05) is 61.5 Å². The minimum atomic E-state index is -0.482. The lowest BCUT2D eigenvalue weighted by molar-refractivity contribution is -0.118. The van der Waals surface area contributed by atoms with Crippen LogP contribution in [0.15, 0.2) is 70.4 Å². The summed E-state index contributed by atoms with van der Waals surface area (Å²) in [5, 5.41) is 17.6. The minimum Gasteiger partial charge on any atom is -0.352 e. The fourth-order valence-corrected chi connectivity index (χ4v) is 5.52. The van der Waals surface area contributed by atoms with E-state index in [4.69, 9.17) is 11.6 Å². The molecular weight excluding hydrogens is 466 g/mol. The number of ketones is 1. The summed E-state index contributed by atoms with van der Waals surface area (Å²) >= 11 is 7.38. The number of carbonyl (C=O) groups is 2. The number of Topliss-reactive ketones (excluding diaryl/α,β-unsaturated/α-hetero) is 1. The van der Waals surface area contributed by atoms with Gasteiger partial charge in [-0.15, -0.1) is 0 Å². The standard InChI is InChI=1S/C27H26ClN3O2S/c1-16-5-4-6-19(11-16)30-23(33)15-34-26-20(14-29)24(17-7-9-18(28)10-8-17)25-21(31-26)12-27(2,3)13-22(25)32/h4-11,24,31H,12-13,15H2,1-3H3,(H,30,33)/t24-/m0/s1. The topological polar surface area (TPSA) is 82.0 Å². The lowest BCUT2D eigenvalue weighted by atomic mass is 9.69. The predicted octanol–water partition coefficient (Wildman–Crippen LogP) is 6.09. The molecule has 7 heteroatoms. The summed E-state index contributed by atoms with van der Waals surface area (Å²) in [6.07, 6.45) is 1.12. The van der Waals surface area contributed by atoms with Gasteiger partial charge in [-0.3, -0.25) is 9.59 Å². The third-order valence-electron chi connectivity index (χ3n) is 5.98. The normalized spacial score (nSPS) is 19.3. The molecule has 34 heavy (non-hydrogen) atoms. The van der Waals surface area contributed by atoms with Gasteiger partial charge in [-0.25, -0.2) is 0 Å². The largest absolute Gasteiger partial charge is 0.352 e. The van der Waals surface area contributed by atoms with Gasteiger partial charge in [0.05, 0.1) is 28.3 Å². The third-order valence-corrected chi connectivity index (χ3v) is 7.25. The number of hydrogen-bond acceptors (Lipinski definition) is 5. The molecule has 1 heterocycles. The number of thioether (sulfide) groups is 1. The number of nitrogens with one attached hydrogen (secondary N) is 2. The van der Waals surface area contributed by atoms with Crippen LogP contribution in [0.3, 0.4) is 0 Å². The van der Waals surface area contributed by atoms with E-state index in [0.29, 0.717) is 34.0 Å². The summed E-state index contributed by atoms with van der Waals surface area (Å²) in [6.45, 7) is 6.11. The first-order valence-corrected chi connectivity index (χ1v) is 12.5. The zero-order valence-electron chi connectivity index (χ0n) is 19.4. The Morgan fingerprint density at radius 2 is 1.97 bits per heavy atom. The summed E-state index contributed by atoms with van der Waals surface area (Å²) < 4.78 is 0. The highest BCUT2D eigenvalue weighted by Crippen LogP contribution is 2.47. The number of aryl methyl sites for hydroxylation is 1. The van der Waals surface area contributed by atoms with Crippen LogP contribution in [-0.2, 0) is 9.59 Å². The lowest BCUT2D eigenvalue weighted by Crippen LogP contribution is -2.37. The zero-order valence-corrected chi connectivity index (χ0v) is 20.9. The quantitative estimate of drug-likeness (QED) is 0.529. The molecule has 0 unspecified atom stereocenters. The van der Waals surface area contributed by atoms with E-state index in [1.165, 1.54) is 11.8 Å². The third kappa shape index (κ3) is 5.22. The fraction of sp³-hybridized carbons (Fsp3) is 0.296. The van der Waals surface area contributed by atoms with Crippen LogP contribution in [0, 0.1) is 23.7 Å². The molecule has 174 valence electrons. The molecule has 0 bridgehead atoms. The Bertz CT molecular complexity index is 1260. The van der Waals surface area contributed by atoms with E-state index in [2.05, 4.69) is 30.6 Å². The van der Waals surface area contributed by atoms with Gasteiger partial charge in [0.15, 0.2) is 5.78 Å². The Morgan fingerprint density at radius 1 is 1.24 bits per heavy atom. The number of anilines is 1. The van der Waals surface area contributed by atoms with Gasteiger partial charge in [0.1, 0.15) is 0 Å². The van der Waals surface area contributed by atoms with Crippen LogP contribution >= 0.6 is 23.4 Å². The van der Waals surface area contributed by atoms with Crippen LogP contribution in [0.5, 0.6) is 0 Å². The number of hydrogen-bond donors (Lipinski definition) is 2. The van der Waals surface area contributed by atoms with Gasteiger partial charge >= 0.3 is 0 Å². The highest BCUT2D eigenvalue weighted by molar-refractivity contribution is 8.03. The maximum Gasteiger partial charge on any atom is 0.234 e. The molecule has 1 amide bonds. The molecule has 2 aromatic rings. The summed E-state index contributed by atoms with van der Waals surface area (Å²) in [5.41, 5.74) is 4.38. The van der Waals surface area contributed by atoms with Crippen LogP contribution < -0.4 is 10.6 Å². The number of amides is 1. The van der Waals surface area contributed by atoms with E-state index >= 15 is 0 Å². The number of allylic oxidation sites excluding steroid dienone is 3. The average molecular weight is 492 g/mol. The van der Waals surface area contributed by atoms with Gasteiger partial charge < -0.3 is 10.6 Å². The number of carbonyl (C=O) groups excluding carboxylic acids is 2. The molecule has 1 aliphatic carbocycles. The summed E-state index contributed by atoms with van der Waals surface area (Å²) in [6, 6.07) is 17.2. The van der Waals surface area contributed by atoms with Crippen molar-refractivity contribution in [3.8, 4) is 6.07 Å². The lowest BCUT2D eigenvalue weighted by Gasteiger charge is -2.39. The number of halogens is 1. The monoisotopic (exact) mass is 491 g/mol. The van der Waals surface area contributed by atoms with Crippen molar-refractivity contribution in [1.82, 2.24) is 5.32 Å². The zero-order chi connectivity index (χ0) is 24.5. The molecule has 0 fully saturated rings. The van der Waals surface area contributed by atoms with E-state index in [1.807, 2.05) is 43.3 Å². The Balaban J connectivity index is 1.65. The van der Waals surface area contributed by atoms with Gasteiger partial charge in [0.25, 0.3) is 0 Å². The van der Waals surface area contributed by atoms with Crippen LogP contribution in [-0.4, -0.2) is 17.4 Å². The van der Waals surface area contributed by atoms with Crippen LogP contribution in [0.2, 0.25) is 5.02 Å². The number of nitriles is 1. The van der Waals surface area contributed by atoms with Crippen molar-refractivity contribution in [2.24, 2.45) is 5.41 Å². The highest BCUT2D eigenvalue weighted by atomic mass is 35.5. The first-order valence-electron chi connectivity index (χ1n) is 11.1. The predicted molar refractivity (Wildman–Crippen MR) is 137 cm³/mol. The molecule has 2 N–H and O–H groups in total. The van der Waals surface area contributed by atoms with E-state index in [0.717, 1.165) is 22.5 Å². The molecule has 0 saturated carbocycles. The molecule has 0 aromatic heterocycles. The molecule has 5 nitrogen and oxygen atoms in total. The molecule has 0 saturated heterocycles. The van der Waals surface area contributed by atoms with Crippen LogP contribution in [0.1, 0.15) is 43.7 Å². The first kappa shape index (κ1) is 24.1. The van der Waals surface area contributed by atoms with Crippen molar-refractivity contribution in [3.63, 3.8) is 0 Å². The SMILES string of the molecule is Cc1cccc(NC(=O)CSC2=C(C#N)[C@H](c3ccc(Cl)cc3)C3=C(CC(C)(C)CC3=O)N2)c1. The Labute approximate surface area is 209 Å². The van der Waals surface area contributed by atoms with Crippen molar-refractivity contribution >= 4 is 40.7 Å². The van der Waals surface area contributed by atoms with E-state index in [-0.39, 0.29) is 22.9 Å². The van der Waals surface area contributed by atoms with Crippen LogP contribution in [0.4, 0.5) is 5.69 Å². The number of nitrogens with zero attached hydrogens (tertiary/aromatic N) is 1. The van der Waals surface area contributed by atoms with Crippen molar-refractivity contribution < 1.29 is 9.59 Å². The first-order chi connectivity index (χ1) is 16.2. The Hall–Kier alpha value is -3.01. The molecule has 0 radical (unpaired) electrons. The van der Waals surface area contributed by atoms with E-state index < -0.39 is 5.92 Å². The minimum absolute atomic E-state index is 0.0488. The summed E-state index contributed by atoms with van der Waals surface area (Å²) in [7, 11) is 0. The highest BCUT2D eigenvalue weighted by Gasteiger charge is 2.41. The van der Waals surface area contributed by atoms with Crippen molar-refractivity contribution in [1.29, 1.82) is 5.26 Å². The maximum absolute atomic E-state index is 13.2. The smallest absolute Gasteiger partial charge is 0.234 e. The summed E-state index contributed by atoms with van der Waals surface area (Å²) in [5.74, 6) is -0.462. The van der Waals surface area contributed by atoms with E-state index in [9.17, 15) is 14.9 Å². The number of rotatable bonds is 5. The fourth-order valence-electron chi connectivity index (χ4n) is 4.54. The molecular formula is C27H26ClN3O2S. The molecule has 2 aliphatic rings. The Kier molecular flexibility index (Phi) is 6.88. The van der Waals surface area contributed by atoms with Crippen LogP contribution in [0.25, 0.3) is 0 Å². The molecule has 1 atom stereocenters. The number of benzene rings is 2. The van der Waals surface area contributed by atoms with Crippen molar-refractivity contribution in [2.75, 3.05) is 11.1 Å². The van der Waals surface area contributed by atoms with Gasteiger partial charge in [0, 0.05) is 28.4 Å². The van der Waals surface area contributed by atoms with Gasteiger partial charge in [0.2, 0.25) is 5.91 Å². The number of dihydropyridines is 1. The van der Waals surface area contributed by atoms with E-state index in [1.54, 1.807) is 12.1 Å². The summed E-state index contributed by atoms with van der Waals surface area (Å²) in [4.78, 5) is 25.9. The van der Waals surface area contributed by atoms with Crippen molar-refractivity contribution in [2.45, 2.75) is 39.5 Å². The second kappa shape index (κ2) is 9.69. The molecule has 4 rings (SSSR count). The molecule has 0 spiro atoms. The van der Waals surface area contributed by atoms with Crippen molar-refractivity contribution in [3.05, 3.63) is 86.6 Å². The second-order valence-electron chi connectivity index (χ2n) is 9.50. The molecule has 1 aliphatic heterocycles. The molecule has 2 aromatic carbocycles. The van der Waals surface area contributed by atoms with Gasteiger partial charge in [-0.2, -0.15) is 5.26 Å². The second-order valence-corrected chi connectivity index (χ2v) is 10.9. The average Bonchev–Trinajstić information content (AvgIpc) is 2.76. The maximum atomic E-state index is 13.2. The van der Waals surface area contributed by atoms with Gasteiger partial charge in [-0.05, 0) is 54.2 Å². The Morgan fingerprint density at radius 3 is 2.65 bits per heavy atom.